The molecule has 112 valence electrons. The number of ether oxygens (including phenoxy) is 2. The maximum absolute atomic E-state index is 12.8. The van der Waals surface area contributed by atoms with Gasteiger partial charge >= 0.3 is 6.98 Å². The average Bonchev–Trinajstić information content (AvgIpc) is 2.47. The van der Waals surface area contributed by atoms with Crippen LogP contribution in [0.3, 0.4) is 0 Å². The molecule has 0 saturated heterocycles. The first-order valence-corrected chi connectivity index (χ1v) is 6.67. The van der Waals surface area contributed by atoms with E-state index in [9.17, 15) is 12.9 Å². The predicted octanol–water partition coefficient (Wildman–Crippen LogP) is 3.59. The van der Waals surface area contributed by atoms with Crippen LogP contribution < -0.4 is 14.9 Å². The minimum absolute atomic E-state index is 0.121. The lowest BCUT2D eigenvalue weighted by atomic mass is 9.79. The fraction of sp³-hybridized carbons (Fsp3) is 0.200. The molecule has 2 nitrogen and oxygen atoms in total. The number of hydrogen-bond donors (Lipinski definition) is 0. The molecule has 2 aromatic rings. The maximum atomic E-state index is 12.8. The Morgan fingerprint density at radius 2 is 1.38 bits per heavy atom. The fourth-order valence-corrected chi connectivity index (χ4v) is 1.83. The molecule has 0 saturated carbocycles. The van der Waals surface area contributed by atoms with E-state index in [0.29, 0.717) is 13.0 Å². The maximum Gasteiger partial charge on any atom is 0.513 e. The van der Waals surface area contributed by atoms with Gasteiger partial charge in [0.15, 0.2) is 0 Å². The average molecular weight is 295 g/mol. The van der Waals surface area contributed by atoms with Crippen molar-refractivity contribution in [2.45, 2.75) is 6.42 Å². The highest BCUT2D eigenvalue weighted by Crippen LogP contribution is 2.17. The molecule has 0 fully saturated rings. The van der Waals surface area contributed by atoms with E-state index in [4.69, 9.17) is 9.47 Å². The number of halogens is 3. The van der Waals surface area contributed by atoms with E-state index >= 15 is 0 Å². The normalized spacial score (nSPS) is 11.2. The first kappa shape index (κ1) is 15.3. The van der Waals surface area contributed by atoms with Crippen LogP contribution in [0.25, 0.3) is 0 Å². The van der Waals surface area contributed by atoms with Crippen molar-refractivity contribution in [2.75, 3.05) is 13.2 Å². The van der Waals surface area contributed by atoms with Gasteiger partial charge in [-0.15, -0.1) is 0 Å². The second-order valence-corrected chi connectivity index (χ2v) is 4.48. The van der Waals surface area contributed by atoms with Crippen LogP contribution in [0.5, 0.6) is 11.5 Å². The molecule has 0 amide bonds. The first-order chi connectivity index (χ1) is 10.1. The zero-order valence-electron chi connectivity index (χ0n) is 11.3. The third-order valence-corrected chi connectivity index (χ3v) is 2.83. The van der Waals surface area contributed by atoms with Gasteiger partial charge < -0.3 is 22.4 Å². The summed E-state index contributed by atoms with van der Waals surface area (Å²) < 4.78 is 49.1. The Kier molecular flexibility index (Phi) is 5.14. The van der Waals surface area contributed by atoms with Crippen LogP contribution in [0.1, 0.15) is 6.42 Å². The Labute approximate surface area is 121 Å². The molecule has 0 aliphatic rings. The van der Waals surface area contributed by atoms with Crippen molar-refractivity contribution in [1.82, 2.24) is 0 Å². The van der Waals surface area contributed by atoms with Gasteiger partial charge in [-0.05, 0) is 18.2 Å². The highest BCUT2D eigenvalue weighted by molar-refractivity contribution is 6.74. The molecule has 0 aliphatic carbocycles. The Balaban J connectivity index is 1.79. The van der Waals surface area contributed by atoms with E-state index in [1.165, 1.54) is 18.2 Å². The molecule has 0 atom stereocenters. The predicted molar refractivity (Wildman–Crippen MR) is 77.2 cm³/mol. The number of rotatable bonds is 7. The van der Waals surface area contributed by atoms with Crippen LogP contribution in [-0.2, 0) is 0 Å². The number of benzene rings is 2. The van der Waals surface area contributed by atoms with E-state index < -0.39 is 12.4 Å². The Morgan fingerprint density at radius 3 is 2.10 bits per heavy atom. The summed E-state index contributed by atoms with van der Waals surface area (Å²) in [6.07, 6.45) is 0.508. The van der Waals surface area contributed by atoms with Crippen LogP contribution in [-0.4, -0.2) is 20.2 Å². The second kappa shape index (κ2) is 7.06. The molecule has 21 heavy (non-hydrogen) atoms. The molecule has 2 rings (SSSR count). The van der Waals surface area contributed by atoms with Gasteiger partial charge in [0.1, 0.15) is 5.75 Å². The molecular formula is C15H15BF3O2-. The third-order valence-electron chi connectivity index (χ3n) is 2.83. The van der Waals surface area contributed by atoms with Crippen LogP contribution in [0.4, 0.5) is 12.9 Å². The van der Waals surface area contributed by atoms with Crippen molar-refractivity contribution < 1.29 is 22.4 Å². The Hall–Kier alpha value is -2.11. The highest BCUT2D eigenvalue weighted by Gasteiger charge is 2.28. The Morgan fingerprint density at radius 1 is 0.762 bits per heavy atom. The molecule has 0 unspecified atom stereocenters. The van der Waals surface area contributed by atoms with Gasteiger partial charge in [0.2, 0.25) is 0 Å². The SMILES string of the molecule is F[B-](F)(F)c1ccccc1OCCCOc1ccccc1. The van der Waals surface area contributed by atoms with Gasteiger partial charge in [0.25, 0.3) is 0 Å². The molecule has 0 heterocycles. The van der Waals surface area contributed by atoms with E-state index in [0.717, 1.165) is 11.8 Å². The largest absolute Gasteiger partial charge is 0.513 e. The highest BCUT2D eigenvalue weighted by atomic mass is 19.4. The first-order valence-electron chi connectivity index (χ1n) is 6.67. The summed E-state index contributed by atoms with van der Waals surface area (Å²) in [4.78, 5) is 0. The Bertz CT molecular complexity index is 558. The van der Waals surface area contributed by atoms with Crippen molar-refractivity contribution in [3.8, 4) is 11.5 Å². The third kappa shape index (κ3) is 4.74. The molecule has 0 N–H and O–H groups in total. The van der Waals surface area contributed by atoms with Crippen LogP contribution in [0.15, 0.2) is 54.6 Å². The molecule has 0 bridgehead atoms. The van der Waals surface area contributed by atoms with Crippen molar-refractivity contribution in [3.05, 3.63) is 54.6 Å². The quantitative estimate of drug-likeness (QED) is 0.574. The van der Waals surface area contributed by atoms with Gasteiger partial charge in [-0.3, -0.25) is 0 Å². The fourth-order valence-electron chi connectivity index (χ4n) is 1.83. The summed E-state index contributed by atoms with van der Waals surface area (Å²) >= 11 is 0. The lowest BCUT2D eigenvalue weighted by Gasteiger charge is -2.19. The van der Waals surface area contributed by atoms with E-state index in [2.05, 4.69) is 0 Å². The zero-order valence-corrected chi connectivity index (χ0v) is 11.3. The molecule has 0 aromatic heterocycles. The van der Waals surface area contributed by atoms with Crippen molar-refractivity contribution in [3.63, 3.8) is 0 Å². The van der Waals surface area contributed by atoms with Crippen LogP contribution in [0.2, 0.25) is 0 Å². The smallest absolute Gasteiger partial charge is 0.496 e. The summed E-state index contributed by atoms with van der Waals surface area (Å²) in [5.74, 6) is 0.612. The molecule has 0 radical (unpaired) electrons. The van der Waals surface area contributed by atoms with Gasteiger partial charge in [-0.25, -0.2) is 0 Å². The molecular weight excluding hydrogens is 280 g/mol. The van der Waals surface area contributed by atoms with Gasteiger partial charge in [-0.2, -0.15) is 0 Å². The topological polar surface area (TPSA) is 18.5 Å². The molecule has 0 spiro atoms. The van der Waals surface area contributed by atoms with Gasteiger partial charge in [0.05, 0.1) is 19.0 Å². The van der Waals surface area contributed by atoms with Crippen LogP contribution >= 0.6 is 0 Å². The minimum Gasteiger partial charge on any atom is -0.496 e. The standard InChI is InChI=1S/C15H15BF3O2/c17-16(18,19)14-9-4-5-10-15(14)21-12-6-11-20-13-7-2-1-3-8-13/h1-5,7-10H,6,11-12H2/q-1. The number of hydrogen-bond acceptors (Lipinski definition) is 2. The second-order valence-electron chi connectivity index (χ2n) is 4.48. The van der Waals surface area contributed by atoms with Gasteiger partial charge in [-0.1, -0.05) is 41.9 Å². The minimum atomic E-state index is -5.06. The van der Waals surface area contributed by atoms with Crippen molar-refractivity contribution in [1.29, 1.82) is 0 Å². The summed E-state index contributed by atoms with van der Waals surface area (Å²) in [7, 11) is 0. The molecule has 0 aliphatic heterocycles. The summed E-state index contributed by atoms with van der Waals surface area (Å²) in [6, 6.07) is 14.5. The van der Waals surface area contributed by atoms with E-state index in [1.807, 2.05) is 30.3 Å². The van der Waals surface area contributed by atoms with E-state index in [1.54, 1.807) is 0 Å². The molecule has 2 aromatic carbocycles. The monoisotopic (exact) mass is 295 g/mol. The van der Waals surface area contributed by atoms with Crippen molar-refractivity contribution >= 4 is 12.4 Å². The summed E-state index contributed by atoms with van der Waals surface area (Å²) in [5.41, 5.74) is -0.693. The number of para-hydroxylation sites is 2. The lowest BCUT2D eigenvalue weighted by Crippen LogP contribution is -2.35. The van der Waals surface area contributed by atoms with Crippen molar-refractivity contribution in [2.24, 2.45) is 0 Å². The van der Waals surface area contributed by atoms with Gasteiger partial charge in [0, 0.05) is 6.42 Å². The zero-order chi connectivity index (χ0) is 15.1. The van der Waals surface area contributed by atoms with E-state index in [-0.39, 0.29) is 12.4 Å². The lowest BCUT2D eigenvalue weighted by molar-refractivity contribution is 0.248. The van der Waals surface area contributed by atoms with Crippen LogP contribution in [0, 0.1) is 0 Å². The summed E-state index contributed by atoms with van der Waals surface area (Å²) in [5, 5.41) is 0. The summed E-state index contributed by atoms with van der Waals surface area (Å²) in [6.45, 7) is -4.49. The molecule has 6 heteroatoms.